The third kappa shape index (κ3) is 3.53. The second-order valence-electron chi connectivity index (χ2n) is 13.9. The van der Waals surface area contributed by atoms with Crippen molar-refractivity contribution in [1.29, 1.82) is 0 Å². The fraction of sp³-hybridized carbons (Fsp3) is 0.0612. The first-order valence-electron chi connectivity index (χ1n) is 17.4. The second-order valence-corrected chi connectivity index (χ2v) is 13.9. The molecule has 1 spiro atoms. The van der Waals surface area contributed by atoms with Crippen LogP contribution in [0.5, 0.6) is 0 Å². The summed E-state index contributed by atoms with van der Waals surface area (Å²) in [5.41, 5.74) is 13.4. The van der Waals surface area contributed by atoms with Crippen molar-refractivity contribution in [3.63, 3.8) is 0 Å². The minimum atomic E-state index is -0.249. The zero-order valence-corrected chi connectivity index (χ0v) is 27.0. The summed E-state index contributed by atoms with van der Waals surface area (Å²) in [5.74, 6) is 0.647. The number of hydrogen-bond acceptors (Lipinski definition) is 0. The molecule has 0 heteroatoms. The first-order chi connectivity index (χ1) is 24.3. The van der Waals surface area contributed by atoms with Crippen LogP contribution in [0.2, 0.25) is 0 Å². The summed E-state index contributed by atoms with van der Waals surface area (Å²) in [6.07, 6.45) is 9.43. The number of hydrogen-bond donors (Lipinski definition) is 0. The first kappa shape index (κ1) is 27.0. The van der Waals surface area contributed by atoms with Gasteiger partial charge in [-0.05, 0) is 100 Å². The van der Waals surface area contributed by atoms with Crippen LogP contribution in [0, 0.1) is 5.92 Å². The highest BCUT2D eigenvalue weighted by molar-refractivity contribution is 6.21. The van der Waals surface area contributed by atoms with E-state index in [9.17, 15) is 0 Å². The third-order valence-electron chi connectivity index (χ3n) is 11.7. The van der Waals surface area contributed by atoms with E-state index in [0.29, 0.717) is 11.8 Å². The molecule has 8 aromatic carbocycles. The molecule has 0 heterocycles. The van der Waals surface area contributed by atoms with Crippen LogP contribution < -0.4 is 0 Å². The van der Waals surface area contributed by atoms with Gasteiger partial charge in [-0.15, -0.1) is 0 Å². The van der Waals surface area contributed by atoms with Crippen molar-refractivity contribution in [2.45, 2.75) is 11.3 Å². The van der Waals surface area contributed by atoms with E-state index in [-0.39, 0.29) is 5.41 Å². The molecular weight excluding hydrogens is 589 g/mol. The third-order valence-corrected chi connectivity index (χ3v) is 11.7. The van der Waals surface area contributed by atoms with Crippen LogP contribution in [0.3, 0.4) is 0 Å². The van der Waals surface area contributed by atoms with E-state index in [1.807, 2.05) is 0 Å². The summed E-state index contributed by atoms with van der Waals surface area (Å²) in [4.78, 5) is 0. The molecule has 0 saturated heterocycles. The van der Waals surface area contributed by atoms with Gasteiger partial charge in [-0.3, -0.25) is 0 Å². The minimum Gasteiger partial charge on any atom is -0.0789 e. The predicted molar refractivity (Wildman–Crippen MR) is 206 cm³/mol. The molecule has 8 aromatic rings. The monoisotopic (exact) mass is 620 g/mol. The zero-order valence-electron chi connectivity index (χ0n) is 27.0. The number of fused-ring (bicyclic) bond motifs is 13. The lowest BCUT2D eigenvalue weighted by atomic mass is 9.65. The Bertz CT molecular complexity index is 2630. The molecule has 0 N–H and O–H groups in total. The maximum absolute atomic E-state index is 2.57. The standard InChI is InChI=1S/C49H32/c1-2-14-32-29-33(26-25-31(32)13-1)47-39-18-3-5-20-41(39)48(42-21-6-4-19-40(42)47)34-27-28-38-37-17-9-12-24-45(37)49(46(38)30-34)43-22-10-7-15-35(43)36-16-8-11-23-44(36)49/h1-30,37,45H. The van der Waals surface area contributed by atoms with Crippen LogP contribution in [0.25, 0.3) is 65.7 Å². The Morgan fingerprint density at radius 2 is 0.898 bits per heavy atom. The van der Waals surface area contributed by atoms with Crippen LogP contribution in [-0.4, -0.2) is 0 Å². The maximum Gasteiger partial charge on any atom is 0.0538 e. The summed E-state index contributed by atoms with van der Waals surface area (Å²) in [6.45, 7) is 0. The lowest BCUT2D eigenvalue weighted by molar-refractivity contribution is 0.465. The lowest BCUT2D eigenvalue weighted by Crippen LogP contribution is -2.32. The summed E-state index contributed by atoms with van der Waals surface area (Å²) < 4.78 is 0. The largest absolute Gasteiger partial charge is 0.0789 e. The average Bonchev–Trinajstić information content (AvgIpc) is 3.64. The zero-order chi connectivity index (χ0) is 32.1. The summed E-state index contributed by atoms with van der Waals surface area (Å²) in [7, 11) is 0. The second kappa shape index (κ2) is 10.0. The smallest absolute Gasteiger partial charge is 0.0538 e. The van der Waals surface area contributed by atoms with Crippen molar-refractivity contribution in [2.75, 3.05) is 0 Å². The van der Waals surface area contributed by atoms with Crippen LogP contribution >= 0.6 is 0 Å². The van der Waals surface area contributed by atoms with Crippen LogP contribution in [-0.2, 0) is 5.41 Å². The van der Waals surface area contributed by atoms with Crippen molar-refractivity contribution in [1.82, 2.24) is 0 Å². The molecule has 2 unspecified atom stereocenters. The molecule has 0 bridgehead atoms. The molecule has 0 saturated carbocycles. The molecule has 0 radical (unpaired) electrons. The van der Waals surface area contributed by atoms with E-state index in [0.717, 1.165) is 0 Å². The number of benzene rings is 8. The molecule has 0 amide bonds. The molecule has 2 atom stereocenters. The van der Waals surface area contributed by atoms with Gasteiger partial charge >= 0.3 is 0 Å². The van der Waals surface area contributed by atoms with Crippen LogP contribution in [0.1, 0.15) is 28.2 Å². The first-order valence-corrected chi connectivity index (χ1v) is 17.4. The molecule has 11 rings (SSSR count). The highest BCUT2D eigenvalue weighted by Gasteiger charge is 2.57. The van der Waals surface area contributed by atoms with Gasteiger partial charge in [0.2, 0.25) is 0 Å². The SMILES string of the molecule is C1=CC2c3ccc(-c4c5ccccc5c(-c5ccc6ccccc6c5)c5ccccc45)cc3C3(c4ccccc4-c4ccccc43)C2C=C1. The van der Waals surface area contributed by atoms with Gasteiger partial charge < -0.3 is 0 Å². The van der Waals surface area contributed by atoms with Gasteiger partial charge in [-0.25, -0.2) is 0 Å². The maximum atomic E-state index is 2.57. The molecule has 0 nitrogen and oxygen atoms in total. The van der Waals surface area contributed by atoms with E-state index in [4.69, 9.17) is 0 Å². The van der Waals surface area contributed by atoms with Gasteiger partial charge in [0.15, 0.2) is 0 Å². The van der Waals surface area contributed by atoms with Gasteiger partial charge in [0.05, 0.1) is 5.41 Å². The van der Waals surface area contributed by atoms with Crippen LogP contribution in [0.15, 0.2) is 182 Å². The van der Waals surface area contributed by atoms with Crippen molar-refractivity contribution >= 4 is 32.3 Å². The Morgan fingerprint density at radius 1 is 0.388 bits per heavy atom. The number of allylic oxidation sites excluding steroid dienone is 4. The Hall–Kier alpha value is -5.98. The molecule has 228 valence electrons. The van der Waals surface area contributed by atoms with Gasteiger partial charge in [0.1, 0.15) is 0 Å². The van der Waals surface area contributed by atoms with Crippen molar-refractivity contribution in [3.05, 3.63) is 204 Å². The highest BCUT2D eigenvalue weighted by Crippen LogP contribution is 2.65. The van der Waals surface area contributed by atoms with Crippen molar-refractivity contribution < 1.29 is 0 Å². The van der Waals surface area contributed by atoms with Crippen LogP contribution in [0.4, 0.5) is 0 Å². The average molecular weight is 621 g/mol. The van der Waals surface area contributed by atoms with Crippen molar-refractivity contribution in [2.24, 2.45) is 5.92 Å². The Balaban J connectivity index is 1.22. The van der Waals surface area contributed by atoms with Gasteiger partial charge in [0.25, 0.3) is 0 Å². The topological polar surface area (TPSA) is 0 Å². The quantitative estimate of drug-likeness (QED) is 0.169. The summed E-state index contributed by atoms with van der Waals surface area (Å²) >= 11 is 0. The molecule has 3 aliphatic carbocycles. The fourth-order valence-electron chi connectivity index (χ4n) is 9.85. The van der Waals surface area contributed by atoms with Gasteiger partial charge in [-0.1, -0.05) is 170 Å². The highest BCUT2D eigenvalue weighted by atomic mass is 14.6. The van der Waals surface area contributed by atoms with Gasteiger partial charge in [0, 0.05) is 11.8 Å². The van der Waals surface area contributed by atoms with E-state index in [1.54, 1.807) is 0 Å². The normalized spacial score (nSPS) is 17.8. The molecule has 49 heavy (non-hydrogen) atoms. The molecule has 0 aromatic heterocycles. The fourth-order valence-corrected chi connectivity index (χ4v) is 9.85. The van der Waals surface area contributed by atoms with Gasteiger partial charge in [-0.2, -0.15) is 0 Å². The Kier molecular flexibility index (Phi) is 5.52. The number of rotatable bonds is 2. The molecular formula is C49H32. The lowest BCUT2D eigenvalue weighted by Gasteiger charge is -2.36. The van der Waals surface area contributed by atoms with E-state index in [1.165, 1.54) is 88.0 Å². The molecule has 0 aliphatic heterocycles. The van der Waals surface area contributed by atoms with Crippen molar-refractivity contribution in [3.8, 4) is 33.4 Å². The predicted octanol–water partition coefficient (Wildman–Crippen LogP) is 12.6. The minimum absolute atomic E-state index is 0.249. The summed E-state index contributed by atoms with van der Waals surface area (Å²) in [5, 5.41) is 7.70. The Labute approximate surface area is 286 Å². The molecule has 0 fully saturated rings. The van der Waals surface area contributed by atoms with E-state index in [2.05, 4.69) is 182 Å². The van der Waals surface area contributed by atoms with E-state index < -0.39 is 0 Å². The Morgan fingerprint density at radius 3 is 1.55 bits per heavy atom. The summed E-state index contributed by atoms with van der Waals surface area (Å²) in [6, 6.07) is 59.4. The van der Waals surface area contributed by atoms with E-state index >= 15 is 0 Å². The molecule has 3 aliphatic rings.